The topological polar surface area (TPSA) is 158 Å². The highest BCUT2D eigenvalue weighted by atomic mass is 32.2. The highest BCUT2D eigenvalue weighted by Gasteiger charge is 2.31. The van der Waals surface area contributed by atoms with E-state index < -0.39 is 40.0 Å². The van der Waals surface area contributed by atoms with Gasteiger partial charge in [0.05, 0.1) is 17.8 Å². The molecule has 0 saturated heterocycles. The van der Waals surface area contributed by atoms with Crippen LogP contribution in [0.3, 0.4) is 0 Å². The Bertz CT molecular complexity index is 882. The number of nitrogens with one attached hydrogen (secondary N) is 2. The van der Waals surface area contributed by atoms with E-state index in [0.29, 0.717) is 6.07 Å². The number of amidine groups is 1. The Kier molecular flexibility index (Phi) is 5.07. The number of anilines is 1. The van der Waals surface area contributed by atoms with Gasteiger partial charge in [0.25, 0.3) is 10.2 Å². The van der Waals surface area contributed by atoms with E-state index in [4.69, 9.17) is 10.5 Å². The Labute approximate surface area is 138 Å². The number of hydrogen-bond acceptors (Lipinski definition) is 7. The molecule has 136 valence electrons. The van der Waals surface area contributed by atoms with Crippen molar-refractivity contribution in [1.29, 1.82) is 5.41 Å². The van der Waals surface area contributed by atoms with Gasteiger partial charge in [-0.2, -0.15) is 26.3 Å². The van der Waals surface area contributed by atoms with Gasteiger partial charge in [-0.3, -0.25) is 10.6 Å². The predicted octanol–water partition coefficient (Wildman–Crippen LogP) is 0.603. The number of halogens is 3. The van der Waals surface area contributed by atoms with E-state index in [2.05, 4.69) is 14.9 Å². The molecule has 1 aromatic carbocycles. The smallest absolute Gasteiger partial charge is 0.282 e. The van der Waals surface area contributed by atoms with Crippen LogP contribution >= 0.6 is 0 Å². The molecular weight excluding hydrogens is 369 g/mol. The first-order valence-corrected chi connectivity index (χ1v) is 7.87. The summed E-state index contributed by atoms with van der Waals surface area (Å²) < 4.78 is 66.1. The first kappa shape index (κ1) is 18.8. The second-order valence-electron chi connectivity index (χ2n) is 4.63. The minimum absolute atomic E-state index is 0.120. The maximum Gasteiger partial charge on any atom is 0.416 e. The number of benzene rings is 1. The fourth-order valence-corrected chi connectivity index (χ4v) is 2.05. The molecule has 2 rings (SSSR count). The van der Waals surface area contributed by atoms with Crippen LogP contribution in [0.2, 0.25) is 0 Å². The maximum atomic E-state index is 12.7. The standard InChI is InChI=1S/C11H11F3N6O4S/c12-11(13,14)6-2-1-3-7(4-6)20(21)10(15)9-8(18-24-19-9)5-17-25(16,22)23/h1-4,15,17,21H,5H2,(H2,16,22,23). The zero-order chi connectivity index (χ0) is 18.8. The zero-order valence-corrected chi connectivity index (χ0v) is 13.0. The van der Waals surface area contributed by atoms with Crippen molar-refractivity contribution < 1.29 is 31.4 Å². The van der Waals surface area contributed by atoms with Crippen LogP contribution in [-0.2, 0) is 22.9 Å². The monoisotopic (exact) mass is 380 g/mol. The highest BCUT2D eigenvalue weighted by Crippen LogP contribution is 2.31. The summed E-state index contributed by atoms with van der Waals surface area (Å²) in [5.41, 5.74) is -2.00. The molecule has 0 spiro atoms. The third-order valence-corrected chi connectivity index (χ3v) is 3.40. The molecule has 1 heterocycles. The molecule has 0 fully saturated rings. The van der Waals surface area contributed by atoms with Crippen LogP contribution in [-0.4, -0.2) is 29.8 Å². The predicted molar refractivity (Wildman–Crippen MR) is 76.8 cm³/mol. The number of aromatic nitrogens is 2. The van der Waals surface area contributed by atoms with Crippen molar-refractivity contribution in [2.75, 3.05) is 5.06 Å². The molecule has 2 aromatic rings. The summed E-state index contributed by atoms with van der Waals surface area (Å²) in [6.45, 7) is -0.503. The second-order valence-corrected chi connectivity index (χ2v) is 6.01. The number of alkyl halides is 3. The molecule has 1 aromatic heterocycles. The molecule has 0 unspecified atom stereocenters. The average Bonchev–Trinajstić information content (AvgIpc) is 2.98. The highest BCUT2D eigenvalue weighted by molar-refractivity contribution is 7.87. The van der Waals surface area contributed by atoms with E-state index in [0.717, 1.165) is 18.2 Å². The third kappa shape index (κ3) is 4.72. The van der Waals surface area contributed by atoms with Crippen molar-refractivity contribution >= 4 is 21.7 Å². The molecule has 0 saturated carbocycles. The Balaban J connectivity index is 2.25. The van der Waals surface area contributed by atoms with E-state index in [1.165, 1.54) is 0 Å². The fraction of sp³-hybridized carbons (Fsp3) is 0.182. The SMILES string of the molecule is N=C(c1nonc1CNS(N)(=O)=O)N(O)c1cccc(C(F)(F)F)c1. The lowest BCUT2D eigenvalue weighted by Gasteiger charge is -2.17. The van der Waals surface area contributed by atoms with Gasteiger partial charge >= 0.3 is 6.18 Å². The van der Waals surface area contributed by atoms with E-state index in [1.807, 2.05) is 4.72 Å². The summed E-state index contributed by atoms with van der Waals surface area (Å²) in [6, 6.07) is 3.57. The van der Waals surface area contributed by atoms with Crippen molar-refractivity contribution in [2.24, 2.45) is 5.14 Å². The quantitative estimate of drug-likeness (QED) is 0.336. The van der Waals surface area contributed by atoms with Gasteiger partial charge in [0.15, 0.2) is 11.5 Å². The molecule has 5 N–H and O–H groups in total. The Morgan fingerprint density at radius 2 is 2.08 bits per heavy atom. The lowest BCUT2D eigenvalue weighted by molar-refractivity contribution is -0.137. The number of hydroxylamine groups is 1. The summed E-state index contributed by atoms with van der Waals surface area (Å²) in [5.74, 6) is -0.785. The third-order valence-electron chi connectivity index (χ3n) is 2.85. The van der Waals surface area contributed by atoms with Crippen LogP contribution in [0.15, 0.2) is 28.9 Å². The minimum Gasteiger partial charge on any atom is -0.282 e. The van der Waals surface area contributed by atoms with Crippen LogP contribution in [0.25, 0.3) is 0 Å². The van der Waals surface area contributed by atoms with Crippen LogP contribution in [0, 0.1) is 5.41 Å². The molecule has 0 amide bonds. The van der Waals surface area contributed by atoms with Crippen molar-refractivity contribution in [2.45, 2.75) is 12.7 Å². The van der Waals surface area contributed by atoms with Crippen molar-refractivity contribution in [3.05, 3.63) is 41.2 Å². The minimum atomic E-state index is -4.64. The molecule has 0 atom stereocenters. The second kappa shape index (κ2) is 6.75. The largest absolute Gasteiger partial charge is 0.416 e. The van der Waals surface area contributed by atoms with E-state index in [1.54, 1.807) is 0 Å². The average molecular weight is 380 g/mol. The van der Waals surface area contributed by atoms with Crippen molar-refractivity contribution in [1.82, 2.24) is 15.0 Å². The number of nitrogens with two attached hydrogens (primary N) is 1. The van der Waals surface area contributed by atoms with Crippen LogP contribution in [0.4, 0.5) is 18.9 Å². The molecule has 14 heteroatoms. The van der Waals surface area contributed by atoms with Crippen LogP contribution in [0.1, 0.15) is 17.0 Å². The zero-order valence-electron chi connectivity index (χ0n) is 12.1. The Hall–Kier alpha value is -2.55. The summed E-state index contributed by atoms with van der Waals surface area (Å²) in [6.07, 6.45) is -4.64. The Morgan fingerprint density at radius 3 is 2.68 bits per heavy atom. The van der Waals surface area contributed by atoms with Gasteiger partial charge in [-0.15, -0.1) is 0 Å². The molecule has 25 heavy (non-hydrogen) atoms. The molecule has 10 nitrogen and oxygen atoms in total. The number of nitrogens with zero attached hydrogens (tertiary/aromatic N) is 3. The van der Waals surface area contributed by atoms with Crippen molar-refractivity contribution in [3.63, 3.8) is 0 Å². The van der Waals surface area contributed by atoms with E-state index in [9.17, 15) is 26.8 Å². The molecule has 0 aliphatic carbocycles. The first-order valence-electron chi connectivity index (χ1n) is 6.33. The summed E-state index contributed by atoms with van der Waals surface area (Å²) in [7, 11) is -4.07. The van der Waals surface area contributed by atoms with Gasteiger partial charge < -0.3 is 0 Å². The summed E-state index contributed by atoms with van der Waals surface area (Å²) in [5, 5.41) is 29.3. The lowest BCUT2D eigenvalue weighted by atomic mass is 10.2. The number of hydrogen-bond donors (Lipinski definition) is 4. The van der Waals surface area contributed by atoms with Gasteiger partial charge in [-0.05, 0) is 23.4 Å². The summed E-state index contributed by atoms with van der Waals surface area (Å²) >= 11 is 0. The molecule has 0 aliphatic heterocycles. The van der Waals surface area contributed by atoms with E-state index >= 15 is 0 Å². The van der Waals surface area contributed by atoms with Gasteiger partial charge in [0.2, 0.25) is 0 Å². The summed E-state index contributed by atoms with van der Waals surface area (Å²) in [4.78, 5) is 0. The van der Waals surface area contributed by atoms with E-state index in [-0.39, 0.29) is 16.4 Å². The molecule has 0 aliphatic rings. The van der Waals surface area contributed by atoms with Gasteiger partial charge in [-0.25, -0.2) is 14.8 Å². The van der Waals surface area contributed by atoms with Gasteiger partial charge in [-0.1, -0.05) is 11.2 Å². The first-order chi connectivity index (χ1) is 11.5. The van der Waals surface area contributed by atoms with Gasteiger partial charge in [0.1, 0.15) is 5.69 Å². The molecule has 0 radical (unpaired) electrons. The Morgan fingerprint density at radius 1 is 1.40 bits per heavy atom. The lowest BCUT2D eigenvalue weighted by Crippen LogP contribution is -2.32. The normalized spacial score (nSPS) is 12.2. The fourth-order valence-electron chi connectivity index (χ4n) is 1.71. The number of rotatable bonds is 5. The molecule has 0 bridgehead atoms. The van der Waals surface area contributed by atoms with Crippen LogP contribution in [0.5, 0.6) is 0 Å². The van der Waals surface area contributed by atoms with Crippen LogP contribution < -0.4 is 14.9 Å². The molecular formula is C11H11F3N6O4S. The van der Waals surface area contributed by atoms with Gasteiger partial charge in [0, 0.05) is 0 Å². The maximum absolute atomic E-state index is 12.7. The van der Waals surface area contributed by atoms with Crippen molar-refractivity contribution in [3.8, 4) is 0 Å².